The minimum Gasteiger partial charge on any atom is -0.480 e. The fourth-order valence-corrected chi connectivity index (χ4v) is 1.88. The summed E-state index contributed by atoms with van der Waals surface area (Å²) in [5.41, 5.74) is 7.09. The monoisotopic (exact) mass is 241 g/mol. The quantitative estimate of drug-likeness (QED) is 0.821. The van der Waals surface area contributed by atoms with Gasteiger partial charge in [0, 0.05) is 5.38 Å². The number of pyridine rings is 1. The molecule has 0 bridgehead atoms. The summed E-state index contributed by atoms with van der Waals surface area (Å²) in [5, 5.41) is 2.75. The summed E-state index contributed by atoms with van der Waals surface area (Å²) >= 11 is 7.13. The van der Waals surface area contributed by atoms with Crippen LogP contribution < -0.4 is 10.5 Å². The van der Waals surface area contributed by atoms with E-state index in [0.717, 1.165) is 11.3 Å². The highest BCUT2D eigenvalue weighted by atomic mass is 35.5. The average Bonchev–Trinajstić information content (AvgIpc) is 2.64. The Labute approximate surface area is 95.7 Å². The van der Waals surface area contributed by atoms with Crippen molar-refractivity contribution >= 4 is 28.1 Å². The zero-order valence-corrected chi connectivity index (χ0v) is 9.47. The van der Waals surface area contributed by atoms with Crippen molar-refractivity contribution in [1.29, 1.82) is 0 Å². The first-order valence-corrected chi connectivity index (χ1v) is 5.38. The fourth-order valence-electron chi connectivity index (χ4n) is 1.18. The topological polar surface area (TPSA) is 61.0 Å². The van der Waals surface area contributed by atoms with Gasteiger partial charge in [-0.3, -0.25) is 0 Å². The molecule has 2 N–H and O–H groups in total. The second kappa shape index (κ2) is 4.04. The van der Waals surface area contributed by atoms with Gasteiger partial charge in [-0.05, 0) is 12.1 Å². The maximum atomic E-state index is 5.75. The summed E-state index contributed by atoms with van der Waals surface area (Å²) in [4.78, 5) is 8.20. The summed E-state index contributed by atoms with van der Waals surface area (Å²) in [7, 11) is 1.54. The largest absolute Gasteiger partial charge is 0.480 e. The molecule has 0 unspecified atom stereocenters. The number of nitrogens with zero attached hydrogens (tertiary/aromatic N) is 2. The Bertz CT molecular complexity index is 486. The zero-order valence-electron chi connectivity index (χ0n) is 7.90. The number of rotatable bonds is 2. The van der Waals surface area contributed by atoms with E-state index in [0.29, 0.717) is 16.2 Å². The predicted octanol–water partition coefficient (Wildman–Crippen LogP) is 2.45. The average molecular weight is 242 g/mol. The number of thiazole rings is 1. The van der Waals surface area contributed by atoms with Crippen LogP contribution in [0.1, 0.15) is 0 Å². The SMILES string of the molecule is COc1nc(Cl)ccc1-c1csc(N)n1. The summed E-state index contributed by atoms with van der Waals surface area (Å²) in [5.74, 6) is 0.452. The number of nitrogen functional groups attached to an aromatic ring is 1. The second-order valence-electron chi connectivity index (χ2n) is 2.76. The van der Waals surface area contributed by atoms with E-state index in [9.17, 15) is 0 Å². The number of methoxy groups -OCH3 is 1. The molecule has 0 fully saturated rings. The third-order valence-corrected chi connectivity index (χ3v) is 2.70. The molecule has 0 aliphatic carbocycles. The van der Waals surface area contributed by atoms with Gasteiger partial charge in [-0.2, -0.15) is 0 Å². The van der Waals surface area contributed by atoms with Crippen molar-refractivity contribution in [2.45, 2.75) is 0 Å². The smallest absolute Gasteiger partial charge is 0.224 e. The molecule has 2 aromatic rings. The Morgan fingerprint density at radius 3 is 2.80 bits per heavy atom. The number of ether oxygens (including phenoxy) is 1. The van der Waals surface area contributed by atoms with E-state index < -0.39 is 0 Å². The Kier molecular flexibility index (Phi) is 2.75. The Morgan fingerprint density at radius 2 is 2.20 bits per heavy atom. The van der Waals surface area contributed by atoms with Crippen molar-refractivity contribution in [3.8, 4) is 17.1 Å². The summed E-state index contributed by atoms with van der Waals surface area (Å²) in [6.07, 6.45) is 0. The summed E-state index contributed by atoms with van der Waals surface area (Å²) < 4.78 is 5.12. The molecule has 4 nitrogen and oxygen atoms in total. The van der Waals surface area contributed by atoms with Crippen LogP contribution in [-0.2, 0) is 0 Å². The molecule has 2 rings (SSSR count). The van der Waals surface area contributed by atoms with Crippen molar-refractivity contribution in [2.75, 3.05) is 12.8 Å². The van der Waals surface area contributed by atoms with E-state index in [1.807, 2.05) is 11.4 Å². The molecule has 78 valence electrons. The summed E-state index contributed by atoms with van der Waals surface area (Å²) in [6.45, 7) is 0. The third kappa shape index (κ3) is 2.03. The number of hydrogen-bond acceptors (Lipinski definition) is 5. The van der Waals surface area contributed by atoms with E-state index in [1.54, 1.807) is 6.07 Å². The number of hydrogen-bond donors (Lipinski definition) is 1. The Balaban J connectivity index is 2.52. The van der Waals surface area contributed by atoms with E-state index >= 15 is 0 Å². The Hall–Kier alpha value is -1.33. The van der Waals surface area contributed by atoms with Gasteiger partial charge in [0.1, 0.15) is 5.15 Å². The third-order valence-electron chi connectivity index (χ3n) is 1.82. The van der Waals surface area contributed by atoms with Gasteiger partial charge in [0.15, 0.2) is 5.13 Å². The number of nitrogens with two attached hydrogens (primary N) is 1. The first-order valence-electron chi connectivity index (χ1n) is 4.12. The van der Waals surface area contributed by atoms with Crippen molar-refractivity contribution in [3.05, 3.63) is 22.7 Å². The van der Waals surface area contributed by atoms with Crippen molar-refractivity contribution < 1.29 is 4.74 Å². The molecule has 0 spiro atoms. The molecular formula is C9H8ClN3OS. The van der Waals surface area contributed by atoms with Gasteiger partial charge in [-0.25, -0.2) is 9.97 Å². The lowest BCUT2D eigenvalue weighted by Gasteiger charge is -2.04. The van der Waals surface area contributed by atoms with Crippen LogP contribution in [0.3, 0.4) is 0 Å². The van der Waals surface area contributed by atoms with E-state index in [-0.39, 0.29) is 0 Å². The van der Waals surface area contributed by atoms with Crippen LogP contribution in [0.15, 0.2) is 17.5 Å². The number of aromatic nitrogens is 2. The highest BCUT2D eigenvalue weighted by Gasteiger charge is 2.10. The second-order valence-corrected chi connectivity index (χ2v) is 4.04. The van der Waals surface area contributed by atoms with Crippen LogP contribution >= 0.6 is 22.9 Å². The molecule has 2 heterocycles. The van der Waals surface area contributed by atoms with Gasteiger partial charge in [-0.15, -0.1) is 11.3 Å². The molecule has 6 heteroatoms. The zero-order chi connectivity index (χ0) is 10.8. The lowest BCUT2D eigenvalue weighted by atomic mass is 10.2. The van der Waals surface area contributed by atoms with Gasteiger partial charge in [0.2, 0.25) is 5.88 Å². The molecular weight excluding hydrogens is 234 g/mol. The first-order chi connectivity index (χ1) is 7.20. The molecule has 0 amide bonds. The van der Waals surface area contributed by atoms with Gasteiger partial charge >= 0.3 is 0 Å². The van der Waals surface area contributed by atoms with E-state index in [4.69, 9.17) is 22.1 Å². The van der Waals surface area contributed by atoms with Crippen LogP contribution in [-0.4, -0.2) is 17.1 Å². The molecule has 15 heavy (non-hydrogen) atoms. The number of anilines is 1. The van der Waals surface area contributed by atoms with Crippen LogP contribution in [0, 0.1) is 0 Å². The maximum absolute atomic E-state index is 5.75. The Morgan fingerprint density at radius 1 is 1.40 bits per heavy atom. The molecule has 0 saturated heterocycles. The van der Waals surface area contributed by atoms with E-state index in [1.165, 1.54) is 18.4 Å². The van der Waals surface area contributed by atoms with Gasteiger partial charge in [0.05, 0.1) is 18.4 Å². The van der Waals surface area contributed by atoms with Crippen LogP contribution in [0.5, 0.6) is 5.88 Å². The van der Waals surface area contributed by atoms with Gasteiger partial charge in [-0.1, -0.05) is 11.6 Å². The minimum atomic E-state index is 0.388. The molecule has 2 aromatic heterocycles. The normalized spacial score (nSPS) is 10.3. The fraction of sp³-hybridized carbons (Fsp3) is 0.111. The van der Waals surface area contributed by atoms with Crippen LogP contribution in [0.25, 0.3) is 11.3 Å². The standard InChI is InChI=1S/C9H8ClN3OS/c1-14-8-5(2-3-7(10)13-8)6-4-15-9(11)12-6/h2-4H,1H3,(H2,11,12). The highest BCUT2D eigenvalue weighted by molar-refractivity contribution is 7.13. The summed E-state index contributed by atoms with van der Waals surface area (Å²) in [6, 6.07) is 3.50. The maximum Gasteiger partial charge on any atom is 0.224 e. The minimum absolute atomic E-state index is 0.388. The van der Waals surface area contributed by atoms with Crippen LogP contribution in [0.4, 0.5) is 5.13 Å². The molecule has 0 saturated carbocycles. The van der Waals surface area contributed by atoms with Crippen LogP contribution in [0.2, 0.25) is 5.15 Å². The van der Waals surface area contributed by atoms with Gasteiger partial charge in [0.25, 0.3) is 0 Å². The van der Waals surface area contributed by atoms with E-state index in [2.05, 4.69) is 9.97 Å². The molecule has 0 aromatic carbocycles. The van der Waals surface area contributed by atoms with Crippen molar-refractivity contribution in [2.24, 2.45) is 0 Å². The predicted molar refractivity (Wildman–Crippen MR) is 61.3 cm³/mol. The number of halogens is 1. The van der Waals surface area contributed by atoms with Gasteiger partial charge < -0.3 is 10.5 Å². The molecule has 0 aliphatic rings. The lowest BCUT2D eigenvalue weighted by molar-refractivity contribution is 0.399. The van der Waals surface area contributed by atoms with Crippen molar-refractivity contribution in [3.63, 3.8) is 0 Å². The lowest BCUT2D eigenvalue weighted by Crippen LogP contribution is -1.92. The highest BCUT2D eigenvalue weighted by Crippen LogP contribution is 2.30. The molecule has 0 radical (unpaired) electrons. The van der Waals surface area contributed by atoms with Crippen molar-refractivity contribution in [1.82, 2.24) is 9.97 Å². The molecule has 0 aliphatic heterocycles. The first kappa shape index (κ1) is 10.2. The molecule has 0 atom stereocenters.